The molecule has 0 unspecified atom stereocenters. The third-order valence-electron chi connectivity index (χ3n) is 6.29. The van der Waals surface area contributed by atoms with E-state index < -0.39 is 6.04 Å². The number of carbonyl (C=O) groups excluding carboxylic acids is 2. The first-order chi connectivity index (χ1) is 16.9. The Kier molecular flexibility index (Phi) is 9.76. The first kappa shape index (κ1) is 26.3. The third kappa shape index (κ3) is 7.60. The van der Waals surface area contributed by atoms with Gasteiger partial charge in [-0.25, -0.2) is 4.39 Å². The molecule has 0 heterocycles. The average molecular weight is 487 g/mol. The maximum Gasteiger partial charge on any atom is 0.261 e. The molecule has 35 heavy (non-hydrogen) atoms. The Morgan fingerprint density at radius 2 is 1.60 bits per heavy atom. The van der Waals surface area contributed by atoms with Crippen LogP contribution in [0.15, 0.2) is 42.5 Å². The van der Waals surface area contributed by atoms with Crippen LogP contribution in [-0.4, -0.2) is 49.6 Å². The lowest BCUT2D eigenvalue weighted by molar-refractivity contribution is -0.143. The molecule has 0 bridgehead atoms. The van der Waals surface area contributed by atoms with Gasteiger partial charge in [-0.15, -0.1) is 0 Å². The monoisotopic (exact) mass is 486 g/mol. The Balaban J connectivity index is 1.77. The van der Waals surface area contributed by atoms with Crippen LogP contribution in [0.3, 0.4) is 0 Å². The summed E-state index contributed by atoms with van der Waals surface area (Å²) in [7, 11) is 3.07. The van der Waals surface area contributed by atoms with Crippen LogP contribution in [0.5, 0.6) is 17.2 Å². The fourth-order valence-corrected chi connectivity index (χ4v) is 4.34. The molecule has 0 aliphatic heterocycles. The van der Waals surface area contributed by atoms with Crippen LogP contribution in [0.1, 0.15) is 51.0 Å². The van der Waals surface area contributed by atoms with Crippen molar-refractivity contribution >= 4 is 11.8 Å². The fourth-order valence-electron chi connectivity index (χ4n) is 4.34. The minimum atomic E-state index is -0.669. The zero-order chi connectivity index (χ0) is 25.2. The summed E-state index contributed by atoms with van der Waals surface area (Å²) in [6.45, 7) is 1.77. The summed E-state index contributed by atoms with van der Waals surface area (Å²) in [5.74, 6) is 0.612. The second-order valence-electron chi connectivity index (χ2n) is 8.75. The van der Waals surface area contributed by atoms with Crippen molar-refractivity contribution in [1.82, 2.24) is 10.2 Å². The highest BCUT2D eigenvalue weighted by molar-refractivity contribution is 5.88. The average Bonchev–Trinajstić information content (AvgIpc) is 2.88. The van der Waals surface area contributed by atoms with E-state index in [2.05, 4.69) is 5.32 Å². The molecule has 1 aliphatic carbocycles. The summed E-state index contributed by atoms with van der Waals surface area (Å²) in [6, 6.07) is 10.4. The molecule has 1 saturated carbocycles. The lowest BCUT2D eigenvalue weighted by Crippen LogP contribution is -2.52. The van der Waals surface area contributed by atoms with Gasteiger partial charge in [-0.1, -0.05) is 38.3 Å². The maximum absolute atomic E-state index is 13.4. The molecule has 0 saturated heterocycles. The number of hydrogen-bond donors (Lipinski definition) is 1. The standard InChI is InChI=1S/C27H35FN2O5/c1-4-25(27(32)29-21-8-6-5-7-9-21)30(17-19-10-12-20(28)13-11-19)26(31)18-35-24-15-22(33-2)14-23(16-24)34-3/h10-16,21,25H,4-9,17-18H2,1-3H3,(H,29,32)/t25-/m0/s1. The number of nitrogens with one attached hydrogen (secondary N) is 1. The van der Waals surface area contributed by atoms with Crippen molar-refractivity contribution in [2.45, 2.75) is 64.1 Å². The molecule has 0 spiro atoms. The Hall–Kier alpha value is -3.29. The van der Waals surface area contributed by atoms with E-state index in [1.165, 1.54) is 37.7 Å². The molecule has 8 heteroatoms. The van der Waals surface area contributed by atoms with Crippen LogP contribution in [0.25, 0.3) is 0 Å². The topological polar surface area (TPSA) is 77.1 Å². The van der Waals surface area contributed by atoms with Crippen LogP contribution in [0.2, 0.25) is 0 Å². The molecule has 190 valence electrons. The largest absolute Gasteiger partial charge is 0.496 e. The number of rotatable bonds is 11. The Labute approximate surface area is 206 Å². The smallest absolute Gasteiger partial charge is 0.261 e. The Morgan fingerprint density at radius 3 is 2.17 bits per heavy atom. The van der Waals surface area contributed by atoms with Crippen molar-refractivity contribution in [3.63, 3.8) is 0 Å². The maximum atomic E-state index is 13.4. The highest BCUT2D eigenvalue weighted by atomic mass is 19.1. The molecule has 3 rings (SSSR count). The summed E-state index contributed by atoms with van der Waals surface area (Å²) in [4.78, 5) is 28.1. The molecule has 2 aromatic rings. The van der Waals surface area contributed by atoms with Crippen molar-refractivity contribution < 1.29 is 28.2 Å². The number of ether oxygens (including phenoxy) is 3. The van der Waals surface area contributed by atoms with Gasteiger partial charge < -0.3 is 24.4 Å². The Bertz CT molecular complexity index is 954. The first-order valence-electron chi connectivity index (χ1n) is 12.1. The quantitative estimate of drug-likeness (QED) is 0.507. The van der Waals surface area contributed by atoms with Gasteiger partial charge >= 0.3 is 0 Å². The van der Waals surface area contributed by atoms with Crippen molar-refractivity contribution in [3.05, 3.63) is 53.8 Å². The first-order valence-corrected chi connectivity index (χ1v) is 12.1. The van der Waals surface area contributed by atoms with E-state index in [-0.39, 0.29) is 36.8 Å². The molecule has 2 amide bonds. The number of benzene rings is 2. The summed E-state index contributed by atoms with van der Waals surface area (Å²) < 4.78 is 29.7. The zero-order valence-electron chi connectivity index (χ0n) is 20.7. The highest BCUT2D eigenvalue weighted by Gasteiger charge is 2.30. The van der Waals surface area contributed by atoms with Crippen molar-refractivity contribution in [3.8, 4) is 17.2 Å². The number of amides is 2. The predicted molar refractivity (Wildman–Crippen MR) is 131 cm³/mol. The summed E-state index contributed by atoms with van der Waals surface area (Å²) in [6.07, 6.45) is 5.73. The molecule has 0 aromatic heterocycles. The molecule has 7 nitrogen and oxygen atoms in total. The number of nitrogens with zero attached hydrogens (tertiary/aromatic N) is 1. The lowest BCUT2D eigenvalue weighted by atomic mass is 9.95. The number of halogens is 1. The van der Waals surface area contributed by atoms with Crippen LogP contribution in [0, 0.1) is 5.82 Å². The van der Waals surface area contributed by atoms with Gasteiger partial charge in [-0.3, -0.25) is 9.59 Å². The van der Waals surface area contributed by atoms with Gasteiger partial charge in [0, 0.05) is 30.8 Å². The van der Waals surface area contributed by atoms with Gasteiger partial charge in [-0.2, -0.15) is 0 Å². The molecule has 1 aliphatic rings. The number of methoxy groups -OCH3 is 2. The van der Waals surface area contributed by atoms with E-state index in [0.717, 1.165) is 31.2 Å². The van der Waals surface area contributed by atoms with Crippen LogP contribution in [-0.2, 0) is 16.1 Å². The van der Waals surface area contributed by atoms with E-state index in [9.17, 15) is 14.0 Å². The van der Waals surface area contributed by atoms with Gasteiger partial charge in [0.15, 0.2) is 6.61 Å². The lowest BCUT2D eigenvalue weighted by Gasteiger charge is -2.32. The van der Waals surface area contributed by atoms with Gasteiger partial charge in [0.25, 0.3) is 5.91 Å². The Morgan fingerprint density at radius 1 is 1.00 bits per heavy atom. The number of hydrogen-bond acceptors (Lipinski definition) is 5. The van der Waals surface area contributed by atoms with E-state index in [4.69, 9.17) is 14.2 Å². The molecular weight excluding hydrogens is 451 g/mol. The zero-order valence-corrected chi connectivity index (χ0v) is 20.7. The normalized spacial score (nSPS) is 14.6. The van der Waals surface area contributed by atoms with E-state index >= 15 is 0 Å². The van der Waals surface area contributed by atoms with Crippen LogP contribution in [0.4, 0.5) is 4.39 Å². The summed E-state index contributed by atoms with van der Waals surface area (Å²) in [5.41, 5.74) is 0.728. The van der Waals surface area contributed by atoms with Gasteiger partial charge in [0.2, 0.25) is 5.91 Å². The third-order valence-corrected chi connectivity index (χ3v) is 6.29. The molecule has 1 fully saturated rings. The second kappa shape index (κ2) is 13.0. The van der Waals surface area contributed by atoms with E-state index in [1.807, 2.05) is 6.92 Å². The molecule has 1 atom stereocenters. The SMILES string of the molecule is CC[C@@H](C(=O)NC1CCCCC1)N(Cc1ccc(F)cc1)C(=O)COc1cc(OC)cc(OC)c1. The molecule has 1 N–H and O–H groups in total. The second-order valence-corrected chi connectivity index (χ2v) is 8.75. The highest BCUT2D eigenvalue weighted by Crippen LogP contribution is 2.27. The minimum Gasteiger partial charge on any atom is -0.496 e. The summed E-state index contributed by atoms with van der Waals surface area (Å²) >= 11 is 0. The van der Waals surface area contributed by atoms with Crippen molar-refractivity contribution in [2.75, 3.05) is 20.8 Å². The van der Waals surface area contributed by atoms with Gasteiger partial charge in [0.1, 0.15) is 29.1 Å². The van der Waals surface area contributed by atoms with Crippen molar-refractivity contribution in [2.24, 2.45) is 0 Å². The number of carbonyl (C=O) groups is 2. The molecule has 2 aromatic carbocycles. The van der Waals surface area contributed by atoms with E-state index in [0.29, 0.717) is 23.7 Å². The summed E-state index contributed by atoms with van der Waals surface area (Å²) in [5, 5.41) is 3.14. The van der Waals surface area contributed by atoms with Crippen LogP contribution >= 0.6 is 0 Å². The fraction of sp³-hybridized carbons (Fsp3) is 0.481. The molecule has 0 radical (unpaired) electrons. The molecular formula is C27H35FN2O5. The van der Waals surface area contributed by atoms with Gasteiger partial charge in [0.05, 0.1) is 14.2 Å². The minimum absolute atomic E-state index is 0.133. The van der Waals surface area contributed by atoms with Crippen LogP contribution < -0.4 is 19.5 Å². The predicted octanol–water partition coefficient (Wildman–Crippen LogP) is 4.48. The van der Waals surface area contributed by atoms with Gasteiger partial charge in [-0.05, 0) is 37.0 Å². The van der Waals surface area contributed by atoms with E-state index in [1.54, 1.807) is 30.3 Å². The van der Waals surface area contributed by atoms with Crippen molar-refractivity contribution in [1.29, 1.82) is 0 Å².